The van der Waals surface area contributed by atoms with Gasteiger partial charge in [0.1, 0.15) is 5.82 Å². The normalized spacial score (nSPS) is 14.8. The predicted molar refractivity (Wildman–Crippen MR) is 130 cm³/mol. The highest BCUT2D eigenvalue weighted by atomic mass is 32.2. The number of rotatable bonds is 8. The van der Waals surface area contributed by atoms with Crippen LogP contribution in [0.25, 0.3) is 0 Å². The number of hydrogen-bond donors (Lipinski definition) is 2. The fourth-order valence-electron chi connectivity index (χ4n) is 3.59. The molecule has 1 unspecified atom stereocenters. The fraction of sp³-hybridized carbons (Fsp3) is 0.200. The van der Waals surface area contributed by atoms with Crippen molar-refractivity contribution in [3.63, 3.8) is 0 Å². The van der Waals surface area contributed by atoms with Crippen molar-refractivity contribution in [1.82, 2.24) is 9.62 Å². The molecule has 10 heteroatoms. The van der Waals surface area contributed by atoms with Crippen LogP contribution in [0.3, 0.4) is 0 Å². The molecule has 3 aromatic carbocycles. The Bertz CT molecular complexity index is 1220. The van der Waals surface area contributed by atoms with Gasteiger partial charge < -0.3 is 15.2 Å². The van der Waals surface area contributed by atoms with Gasteiger partial charge in [0.05, 0.1) is 30.2 Å². The Morgan fingerprint density at radius 2 is 1.63 bits per heavy atom. The molecular formula is C25H24FN3O5S. The molecule has 0 aliphatic carbocycles. The van der Waals surface area contributed by atoms with E-state index < -0.39 is 28.9 Å². The van der Waals surface area contributed by atoms with Crippen LogP contribution in [0.4, 0.5) is 15.8 Å². The van der Waals surface area contributed by atoms with Crippen molar-refractivity contribution < 1.29 is 28.0 Å². The standard InChI is InChI=1S/C25H24FN3O5S/c26-21-6-8-22(9-7-21)29(35(33)28-10-12-34-13-11-28)23-15-19(14-20(16-23)25(31)32)24(30)27-17-18-4-2-1-3-5-18/h1-9,14-16H,10-13,17H2,(H,27,30)(H,31,32). The molecule has 35 heavy (non-hydrogen) atoms. The van der Waals surface area contributed by atoms with Gasteiger partial charge in [0.25, 0.3) is 5.91 Å². The maximum atomic E-state index is 13.6. The van der Waals surface area contributed by atoms with Gasteiger partial charge in [-0.2, -0.15) is 0 Å². The van der Waals surface area contributed by atoms with Crippen molar-refractivity contribution in [3.05, 3.63) is 95.3 Å². The maximum Gasteiger partial charge on any atom is 0.335 e. The number of ether oxygens (including phenoxy) is 1. The number of morpholine rings is 1. The fourth-order valence-corrected chi connectivity index (χ4v) is 4.87. The zero-order valence-electron chi connectivity index (χ0n) is 18.7. The number of halogens is 1. The minimum absolute atomic E-state index is 0.0990. The summed E-state index contributed by atoms with van der Waals surface area (Å²) in [6, 6.07) is 18.8. The molecule has 1 amide bonds. The number of nitrogens with one attached hydrogen (secondary N) is 1. The molecule has 1 atom stereocenters. The molecule has 0 spiro atoms. The Balaban J connectivity index is 1.71. The Kier molecular flexibility index (Phi) is 7.86. The van der Waals surface area contributed by atoms with Crippen LogP contribution in [0.15, 0.2) is 72.8 Å². The molecule has 0 saturated carbocycles. The van der Waals surface area contributed by atoms with E-state index in [4.69, 9.17) is 4.74 Å². The summed E-state index contributed by atoms with van der Waals surface area (Å²) < 4.78 is 35.7. The van der Waals surface area contributed by atoms with Crippen LogP contribution < -0.4 is 9.62 Å². The van der Waals surface area contributed by atoms with Gasteiger partial charge in [0.15, 0.2) is 0 Å². The van der Waals surface area contributed by atoms with E-state index in [9.17, 15) is 23.3 Å². The average molecular weight is 498 g/mol. The third-order valence-corrected chi connectivity index (χ3v) is 6.91. The second kappa shape index (κ2) is 11.2. The van der Waals surface area contributed by atoms with Crippen LogP contribution >= 0.6 is 0 Å². The quantitative estimate of drug-likeness (QED) is 0.496. The first-order chi connectivity index (χ1) is 16.9. The lowest BCUT2D eigenvalue weighted by atomic mass is 10.1. The largest absolute Gasteiger partial charge is 0.478 e. The number of carbonyl (C=O) groups excluding carboxylic acids is 1. The van der Waals surface area contributed by atoms with E-state index in [1.54, 1.807) is 4.31 Å². The minimum Gasteiger partial charge on any atom is -0.478 e. The van der Waals surface area contributed by atoms with Crippen molar-refractivity contribution in [2.45, 2.75) is 6.54 Å². The van der Waals surface area contributed by atoms with Gasteiger partial charge in [-0.1, -0.05) is 30.3 Å². The zero-order valence-corrected chi connectivity index (χ0v) is 19.5. The minimum atomic E-state index is -1.79. The van der Waals surface area contributed by atoms with Gasteiger partial charge in [-0.05, 0) is 48.0 Å². The average Bonchev–Trinajstić information content (AvgIpc) is 2.89. The highest BCUT2D eigenvalue weighted by Crippen LogP contribution is 2.31. The summed E-state index contributed by atoms with van der Waals surface area (Å²) in [6.07, 6.45) is 0. The molecule has 182 valence electrons. The number of anilines is 2. The summed E-state index contributed by atoms with van der Waals surface area (Å²) in [5.74, 6) is -2.18. The second-order valence-electron chi connectivity index (χ2n) is 7.78. The second-order valence-corrected chi connectivity index (χ2v) is 9.13. The van der Waals surface area contributed by atoms with Gasteiger partial charge in [-0.25, -0.2) is 22.0 Å². The molecule has 1 heterocycles. The van der Waals surface area contributed by atoms with Gasteiger partial charge in [0.2, 0.25) is 11.2 Å². The number of carbonyl (C=O) groups is 2. The SMILES string of the molecule is O=C(O)c1cc(C(=O)NCc2ccccc2)cc(N(c2ccc(F)cc2)S(=O)N2CCOCC2)c1. The molecular weight excluding hydrogens is 473 g/mol. The van der Waals surface area contributed by atoms with Crippen molar-refractivity contribution in [3.8, 4) is 0 Å². The molecule has 2 N–H and O–H groups in total. The molecule has 1 fully saturated rings. The molecule has 1 aliphatic heterocycles. The molecule has 3 aromatic rings. The summed E-state index contributed by atoms with van der Waals surface area (Å²) in [6.45, 7) is 1.84. The number of benzene rings is 3. The van der Waals surface area contributed by atoms with E-state index in [-0.39, 0.29) is 23.4 Å². The Labute approximate surface area is 204 Å². The van der Waals surface area contributed by atoms with Crippen LogP contribution in [-0.4, -0.2) is 51.8 Å². The summed E-state index contributed by atoms with van der Waals surface area (Å²) in [7, 11) is 0. The van der Waals surface area contributed by atoms with Crippen molar-refractivity contribution in [1.29, 1.82) is 0 Å². The van der Waals surface area contributed by atoms with Gasteiger partial charge in [0, 0.05) is 25.2 Å². The summed E-state index contributed by atoms with van der Waals surface area (Å²) >= 11 is -1.79. The van der Waals surface area contributed by atoms with Crippen LogP contribution in [0.1, 0.15) is 26.3 Å². The first kappa shape index (κ1) is 24.5. The molecule has 4 rings (SSSR count). The number of nitrogens with zero attached hydrogens (tertiary/aromatic N) is 2. The summed E-state index contributed by atoms with van der Waals surface area (Å²) in [5.41, 5.74) is 1.46. The monoisotopic (exact) mass is 497 g/mol. The van der Waals surface area contributed by atoms with Crippen molar-refractivity contribution >= 4 is 34.4 Å². The highest BCUT2D eigenvalue weighted by Gasteiger charge is 2.27. The number of hydrogen-bond acceptors (Lipinski definition) is 4. The Morgan fingerprint density at radius 3 is 2.29 bits per heavy atom. The number of carboxylic acid groups (broad SMARTS) is 1. The third-order valence-electron chi connectivity index (χ3n) is 5.37. The first-order valence-electron chi connectivity index (χ1n) is 10.9. The lowest BCUT2D eigenvalue weighted by molar-refractivity contribution is 0.0697. The Morgan fingerprint density at radius 1 is 0.971 bits per heavy atom. The summed E-state index contributed by atoms with van der Waals surface area (Å²) in [5, 5.41) is 12.5. The van der Waals surface area contributed by atoms with E-state index >= 15 is 0 Å². The van der Waals surface area contributed by atoms with Crippen LogP contribution in [0, 0.1) is 5.82 Å². The zero-order chi connectivity index (χ0) is 24.8. The molecule has 1 saturated heterocycles. The van der Waals surface area contributed by atoms with E-state index in [2.05, 4.69) is 5.32 Å². The van der Waals surface area contributed by atoms with E-state index in [0.717, 1.165) is 5.56 Å². The van der Waals surface area contributed by atoms with Gasteiger partial charge in [-0.3, -0.25) is 4.79 Å². The lowest BCUT2D eigenvalue weighted by Crippen LogP contribution is -2.43. The van der Waals surface area contributed by atoms with Crippen LogP contribution in [0.5, 0.6) is 0 Å². The van der Waals surface area contributed by atoms with E-state index in [1.807, 2.05) is 30.3 Å². The van der Waals surface area contributed by atoms with Crippen LogP contribution in [0.2, 0.25) is 0 Å². The number of amides is 1. The smallest absolute Gasteiger partial charge is 0.335 e. The molecule has 8 nitrogen and oxygen atoms in total. The highest BCUT2D eigenvalue weighted by molar-refractivity contribution is 7.84. The summed E-state index contributed by atoms with van der Waals surface area (Å²) in [4.78, 5) is 24.8. The Hall–Kier alpha value is -3.60. The van der Waals surface area contributed by atoms with Gasteiger partial charge >= 0.3 is 5.97 Å². The molecule has 1 aliphatic rings. The third kappa shape index (κ3) is 6.10. The number of carboxylic acids is 1. The molecule has 0 radical (unpaired) electrons. The number of aromatic carboxylic acids is 1. The van der Waals surface area contributed by atoms with E-state index in [0.29, 0.717) is 32.0 Å². The maximum absolute atomic E-state index is 13.6. The topological polar surface area (TPSA) is 99.2 Å². The molecule has 0 bridgehead atoms. The van der Waals surface area contributed by atoms with Gasteiger partial charge in [-0.15, -0.1) is 0 Å². The predicted octanol–water partition coefficient (Wildman–Crippen LogP) is 3.50. The lowest BCUT2D eigenvalue weighted by Gasteiger charge is -2.32. The van der Waals surface area contributed by atoms with Crippen molar-refractivity contribution in [2.75, 3.05) is 30.6 Å². The first-order valence-corrected chi connectivity index (χ1v) is 12.0. The molecule has 0 aromatic heterocycles. The van der Waals surface area contributed by atoms with Crippen LogP contribution in [-0.2, 0) is 22.5 Å². The van der Waals surface area contributed by atoms with E-state index in [1.165, 1.54) is 46.8 Å². The van der Waals surface area contributed by atoms with Crippen molar-refractivity contribution in [2.24, 2.45) is 0 Å².